The van der Waals surface area contributed by atoms with Crippen LogP contribution >= 0.6 is 0 Å². The average Bonchev–Trinajstić information content (AvgIpc) is 3.18. The van der Waals surface area contributed by atoms with Gasteiger partial charge >= 0.3 is 5.88 Å². The van der Waals surface area contributed by atoms with E-state index in [-0.39, 0.29) is 24.2 Å². The van der Waals surface area contributed by atoms with Crippen molar-refractivity contribution in [3.63, 3.8) is 0 Å². The molecule has 0 N–H and O–H groups in total. The van der Waals surface area contributed by atoms with Gasteiger partial charge in [0.1, 0.15) is 5.76 Å². The molecule has 2 amide bonds. The fraction of sp³-hybridized carbons (Fsp3) is 0.294. The van der Waals surface area contributed by atoms with Crippen LogP contribution in [0.2, 0.25) is 0 Å². The van der Waals surface area contributed by atoms with E-state index in [4.69, 9.17) is 9.47 Å². The van der Waals surface area contributed by atoms with Gasteiger partial charge in [0, 0.05) is 13.1 Å². The molecular formula is C17H15N3O5. The smallest absolute Gasteiger partial charge is 0.302 e. The summed E-state index contributed by atoms with van der Waals surface area (Å²) in [5.41, 5.74) is 0.754. The number of ether oxygens (including phenoxy) is 2. The molecule has 1 aromatic rings. The van der Waals surface area contributed by atoms with Crippen molar-refractivity contribution in [2.24, 2.45) is 0 Å². The normalized spacial score (nSPS) is 20.5. The third-order valence-electron chi connectivity index (χ3n) is 4.27. The Kier molecular flexibility index (Phi) is 3.85. The summed E-state index contributed by atoms with van der Waals surface area (Å²) in [4.78, 5) is 37.1. The Labute approximate surface area is 143 Å². The fourth-order valence-electron chi connectivity index (χ4n) is 3.05. The van der Waals surface area contributed by atoms with E-state index in [0.717, 1.165) is 4.90 Å². The summed E-state index contributed by atoms with van der Waals surface area (Å²) in [5.74, 6) is 1.34. The number of carbonyl (C=O) groups excluding carboxylic acids is 3. The predicted molar refractivity (Wildman–Crippen MR) is 84.4 cm³/mol. The molecule has 0 radical (unpaired) electrons. The number of benzene rings is 1. The van der Waals surface area contributed by atoms with Crippen LogP contribution in [0.5, 0.6) is 0 Å². The molecule has 8 nitrogen and oxygen atoms in total. The Morgan fingerprint density at radius 2 is 1.68 bits per heavy atom. The summed E-state index contributed by atoms with van der Waals surface area (Å²) >= 11 is 0. The molecule has 0 aliphatic carbocycles. The fourth-order valence-corrected chi connectivity index (χ4v) is 3.05. The van der Waals surface area contributed by atoms with Gasteiger partial charge in [0.15, 0.2) is 5.94 Å². The number of rotatable bonds is 3. The number of hydrogen-bond acceptors (Lipinski definition) is 7. The average molecular weight is 341 g/mol. The zero-order chi connectivity index (χ0) is 17.4. The van der Waals surface area contributed by atoms with Gasteiger partial charge in [-0.05, 0) is 12.1 Å². The second-order valence-electron chi connectivity index (χ2n) is 5.76. The van der Waals surface area contributed by atoms with Crippen LogP contribution in [-0.4, -0.2) is 65.5 Å². The summed E-state index contributed by atoms with van der Waals surface area (Å²) in [6.07, 6.45) is 1.61. The number of amides is 2. The van der Waals surface area contributed by atoms with Gasteiger partial charge < -0.3 is 9.47 Å². The molecule has 1 fully saturated rings. The quantitative estimate of drug-likeness (QED) is 0.581. The molecule has 1 aromatic carbocycles. The third kappa shape index (κ3) is 2.62. The molecule has 3 heterocycles. The lowest BCUT2D eigenvalue weighted by molar-refractivity contribution is -0.0553. The molecule has 0 saturated carbocycles. The van der Waals surface area contributed by atoms with Gasteiger partial charge in [0.05, 0.1) is 37.1 Å². The number of fused-ring (bicyclic) bond motifs is 1. The van der Waals surface area contributed by atoms with Gasteiger partial charge in [-0.25, -0.2) is 14.8 Å². The second kappa shape index (κ2) is 6.18. The number of morpholine rings is 1. The standard InChI is InChI=1S/C17H15N3O5/c21-11-15-20(18-5-7-24-8-6-18)10-12(25-15)9-19-16(22)13-3-1-2-4-14(13)17(19)23/h1-4,10H,5-9H2. The van der Waals surface area contributed by atoms with Crippen molar-refractivity contribution in [2.45, 2.75) is 0 Å². The topological polar surface area (TPSA) is 79.4 Å². The van der Waals surface area contributed by atoms with Crippen molar-refractivity contribution in [3.05, 3.63) is 53.2 Å². The monoisotopic (exact) mass is 341 g/mol. The number of carbonyl (C=O) groups is 2. The van der Waals surface area contributed by atoms with Crippen LogP contribution in [0.25, 0.3) is 0 Å². The molecule has 0 atom stereocenters. The minimum absolute atomic E-state index is 0.00601. The van der Waals surface area contributed by atoms with Crippen LogP contribution in [0, 0.1) is 0 Å². The number of hydrogen-bond donors (Lipinski definition) is 0. The lowest BCUT2D eigenvalue weighted by Gasteiger charge is -2.32. The third-order valence-corrected chi connectivity index (χ3v) is 4.27. The number of imide groups is 1. The Morgan fingerprint density at radius 3 is 2.28 bits per heavy atom. The molecular weight excluding hydrogens is 326 g/mol. The van der Waals surface area contributed by atoms with E-state index in [9.17, 15) is 14.4 Å². The van der Waals surface area contributed by atoms with Crippen LogP contribution in [0.4, 0.5) is 0 Å². The van der Waals surface area contributed by atoms with Gasteiger partial charge in [0.25, 0.3) is 11.8 Å². The molecule has 3 aliphatic rings. The summed E-state index contributed by atoms with van der Waals surface area (Å²) in [6, 6.07) is 6.67. The van der Waals surface area contributed by atoms with E-state index in [1.165, 1.54) is 0 Å². The Balaban J connectivity index is 1.54. The van der Waals surface area contributed by atoms with Crippen LogP contribution in [0.15, 0.2) is 42.1 Å². The van der Waals surface area contributed by atoms with E-state index in [1.807, 2.05) is 5.01 Å². The van der Waals surface area contributed by atoms with Crippen molar-refractivity contribution < 1.29 is 23.9 Å². The Bertz CT molecular complexity index is 786. The zero-order valence-corrected chi connectivity index (χ0v) is 13.3. The Hall–Kier alpha value is -2.93. The van der Waals surface area contributed by atoms with Crippen molar-refractivity contribution in [2.75, 3.05) is 32.8 Å². The lowest BCUT2D eigenvalue weighted by Crippen LogP contribution is -2.44. The highest BCUT2D eigenvalue weighted by Gasteiger charge is 2.38. The number of hydrazine groups is 1. The lowest BCUT2D eigenvalue weighted by atomic mass is 10.1. The van der Waals surface area contributed by atoms with Crippen LogP contribution in [0.3, 0.4) is 0 Å². The molecule has 0 spiro atoms. The van der Waals surface area contributed by atoms with E-state index in [0.29, 0.717) is 43.2 Å². The van der Waals surface area contributed by atoms with Gasteiger partial charge in [-0.2, -0.15) is 0 Å². The van der Waals surface area contributed by atoms with Gasteiger partial charge in [-0.3, -0.25) is 14.5 Å². The van der Waals surface area contributed by atoms with Crippen LogP contribution in [-0.2, 0) is 14.3 Å². The first kappa shape index (κ1) is 15.6. The molecule has 0 aromatic heterocycles. The van der Waals surface area contributed by atoms with E-state index in [2.05, 4.69) is 0 Å². The van der Waals surface area contributed by atoms with Crippen molar-refractivity contribution in [3.8, 4) is 0 Å². The zero-order valence-electron chi connectivity index (χ0n) is 13.3. The molecule has 1 saturated heterocycles. The summed E-state index contributed by atoms with van der Waals surface area (Å²) in [6.45, 7) is 2.25. The van der Waals surface area contributed by atoms with Crippen molar-refractivity contribution in [1.82, 2.24) is 14.9 Å². The molecule has 4 rings (SSSR count). The highest BCUT2D eigenvalue weighted by Crippen LogP contribution is 2.27. The molecule has 0 bridgehead atoms. The van der Waals surface area contributed by atoms with E-state index in [1.54, 1.807) is 41.4 Å². The van der Waals surface area contributed by atoms with Crippen LogP contribution in [0.1, 0.15) is 20.7 Å². The first-order chi connectivity index (χ1) is 12.2. The van der Waals surface area contributed by atoms with Gasteiger partial charge in [0.2, 0.25) is 0 Å². The maximum absolute atomic E-state index is 12.4. The van der Waals surface area contributed by atoms with Crippen molar-refractivity contribution in [1.29, 1.82) is 0 Å². The van der Waals surface area contributed by atoms with E-state index >= 15 is 0 Å². The second-order valence-corrected chi connectivity index (χ2v) is 5.76. The summed E-state index contributed by atoms with van der Waals surface area (Å²) in [7, 11) is 0. The number of nitrogens with zero attached hydrogens (tertiary/aromatic N) is 3. The summed E-state index contributed by atoms with van der Waals surface area (Å²) in [5, 5.41) is 3.45. The minimum atomic E-state index is -0.369. The molecule has 3 aliphatic heterocycles. The van der Waals surface area contributed by atoms with Crippen molar-refractivity contribution >= 4 is 17.8 Å². The highest BCUT2D eigenvalue weighted by atomic mass is 16.5. The molecule has 0 unspecified atom stereocenters. The molecule has 25 heavy (non-hydrogen) atoms. The van der Waals surface area contributed by atoms with Crippen LogP contribution < -0.4 is 0 Å². The maximum Gasteiger partial charge on any atom is 0.302 e. The summed E-state index contributed by atoms with van der Waals surface area (Å²) < 4.78 is 10.8. The largest absolute Gasteiger partial charge is 0.432 e. The first-order valence-corrected chi connectivity index (χ1v) is 7.90. The Morgan fingerprint density at radius 1 is 1.04 bits per heavy atom. The predicted octanol–water partition coefficient (Wildman–Crippen LogP) is 0.376. The molecule has 128 valence electrons. The van der Waals surface area contributed by atoms with E-state index < -0.39 is 0 Å². The van der Waals surface area contributed by atoms with Gasteiger partial charge in [-0.1, -0.05) is 12.1 Å². The maximum atomic E-state index is 12.4. The SMILES string of the molecule is O=C=C1OC(CN2C(=O)c3ccccc3C2=O)=CN1N1CCOCC1. The first-order valence-electron chi connectivity index (χ1n) is 7.90. The molecule has 8 heteroatoms. The minimum Gasteiger partial charge on any atom is -0.432 e. The highest BCUT2D eigenvalue weighted by molar-refractivity contribution is 6.21. The van der Waals surface area contributed by atoms with Gasteiger partial charge in [-0.15, -0.1) is 0 Å².